The van der Waals surface area contributed by atoms with E-state index in [0.29, 0.717) is 23.4 Å². The number of carbonyl (C=O) groups is 2. The molecule has 0 aromatic heterocycles. The van der Waals surface area contributed by atoms with Gasteiger partial charge in [0.2, 0.25) is 11.8 Å². The number of para-hydroxylation sites is 1. The van der Waals surface area contributed by atoms with Crippen molar-refractivity contribution in [2.24, 2.45) is 11.8 Å². The molecule has 0 N–H and O–H groups in total. The molecule has 0 spiro atoms. The van der Waals surface area contributed by atoms with Gasteiger partial charge in [0.25, 0.3) is 0 Å². The van der Waals surface area contributed by atoms with Crippen LogP contribution in [-0.2, 0) is 23.8 Å². The summed E-state index contributed by atoms with van der Waals surface area (Å²) in [5, 5.41) is 0. The number of benzene rings is 1. The Balaban J connectivity index is 1.59. The Hall–Kier alpha value is -1.54. The van der Waals surface area contributed by atoms with Gasteiger partial charge in [-0.15, -0.1) is 0 Å². The van der Waals surface area contributed by atoms with E-state index < -0.39 is 29.8 Å². The fourth-order valence-electron chi connectivity index (χ4n) is 4.20. The van der Waals surface area contributed by atoms with Crippen molar-refractivity contribution in [1.29, 1.82) is 0 Å². The van der Waals surface area contributed by atoms with Crippen molar-refractivity contribution in [1.82, 2.24) is 0 Å². The molecule has 4 aliphatic rings. The maximum Gasteiger partial charge on any atom is 0.241 e. The lowest BCUT2D eigenvalue weighted by Crippen LogP contribution is -2.49. The predicted octanol–water partition coefficient (Wildman–Crippen LogP) is 1.63. The molecule has 2 amide bonds. The standard InChI is InChI=1S/C17H14BrNO5/c18-9-3-1-2-4-10(9)19-14(20)12-11-5-6-17(24-11,13(12)15(19)21)16-22-7-8-23-16/h1-6,11-13,16H,7-8H2/t11-,12-,13-,17-/m1/s1. The summed E-state index contributed by atoms with van der Waals surface area (Å²) in [6.07, 6.45) is 2.63. The van der Waals surface area contributed by atoms with Crippen molar-refractivity contribution < 1.29 is 23.8 Å². The van der Waals surface area contributed by atoms with Crippen LogP contribution in [0.5, 0.6) is 0 Å². The largest absolute Gasteiger partial charge is 0.357 e. The van der Waals surface area contributed by atoms with E-state index in [2.05, 4.69) is 15.9 Å². The number of nitrogens with zero attached hydrogens (tertiary/aromatic N) is 1. The number of carbonyl (C=O) groups excluding carboxylic acids is 2. The predicted molar refractivity (Wildman–Crippen MR) is 86.1 cm³/mol. The third-order valence-electron chi connectivity index (χ3n) is 5.16. The van der Waals surface area contributed by atoms with Crippen molar-refractivity contribution >= 4 is 33.4 Å². The van der Waals surface area contributed by atoms with Gasteiger partial charge in [-0.3, -0.25) is 9.59 Å². The minimum absolute atomic E-state index is 0.230. The zero-order valence-corrected chi connectivity index (χ0v) is 14.1. The highest BCUT2D eigenvalue weighted by atomic mass is 79.9. The molecular formula is C17H14BrNO5. The number of fused-ring (bicyclic) bond motifs is 5. The van der Waals surface area contributed by atoms with Crippen molar-refractivity contribution in [2.45, 2.75) is 18.0 Å². The molecule has 4 heterocycles. The molecule has 3 saturated heterocycles. The van der Waals surface area contributed by atoms with E-state index in [-0.39, 0.29) is 11.8 Å². The lowest BCUT2D eigenvalue weighted by molar-refractivity contribution is -0.180. The van der Waals surface area contributed by atoms with Gasteiger partial charge in [-0.2, -0.15) is 0 Å². The van der Waals surface area contributed by atoms with Crippen molar-refractivity contribution in [3.05, 3.63) is 40.9 Å². The molecule has 1 aromatic rings. The molecule has 4 atom stereocenters. The van der Waals surface area contributed by atoms with Gasteiger partial charge in [-0.25, -0.2) is 4.90 Å². The zero-order valence-electron chi connectivity index (χ0n) is 12.6. The average Bonchev–Trinajstić information content (AvgIpc) is 3.33. The van der Waals surface area contributed by atoms with Gasteiger partial charge in [-0.1, -0.05) is 18.2 Å². The number of hydrogen-bond donors (Lipinski definition) is 0. The Morgan fingerprint density at radius 3 is 2.62 bits per heavy atom. The quantitative estimate of drug-likeness (QED) is 0.566. The van der Waals surface area contributed by atoms with Gasteiger partial charge >= 0.3 is 0 Å². The second kappa shape index (κ2) is 4.98. The summed E-state index contributed by atoms with van der Waals surface area (Å²) in [6.45, 7) is 0.920. The lowest BCUT2D eigenvalue weighted by Gasteiger charge is -2.32. The number of amides is 2. The van der Waals surface area contributed by atoms with Crippen molar-refractivity contribution in [3.63, 3.8) is 0 Å². The third-order valence-corrected chi connectivity index (χ3v) is 5.83. The van der Waals surface area contributed by atoms with Crippen LogP contribution in [0.25, 0.3) is 0 Å². The highest BCUT2D eigenvalue weighted by molar-refractivity contribution is 9.10. The molecule has 124 valence electrons. The van der Waals surface area contributed by atoms with Crippen LogP contribution in [0.2, 0.25) is 0 Å². The second-order valence-corrected chi connectivity index (χ2v) is 7.19. The topological polar surface area (TPSA) is 65.1 Å². The number of ether oxygens (including phenoxy) is 3. The first kappa shape index (κ1) is 14.8. The number of halogens is 1. The monoisotopic (exact) mass is 391 g/mol. The van der Waals surface area contributed by atoms with Crippen LogP contribution in [0.1, 0.15) is 0 Å². The first-order valence-corrected chi connectivity index (χ1v) is 8.65. The summed E-state index contributed by atoms with van der Waals surface area (Å²) in [5.41, 5.74) is -0.445. The van der Waals surface area contributed by atoms with E-state index >= 15 is 0 Å². The van der Waals surface area contributed by atoms with E-state index in [1.807, 2.05) is 24.3 Å². The SMILES string of the molecule is O=C1[C@@H]2[C@H]3C=C[C@@](C4OCCO4)(O3)[C@H]2C(=O)N1c1ccccc1Br. The Kier molecular flexibility index (Phi) is 3.07. The van der Waals surface area contributed by atoms with Crippen LogP contribution in [0.4, 0.5) is 5.69 Å². The van der Waals surface area contributed by atoms with Gasteiger partial charge in [0.05, 0.1) is 36.8 Å². The maximum absolute atomic E-state index is 13.2. The molecule has 1 aromatic carbocycles. The molecule has 2 bridgehead atoms. The van der Waals surface area contributed by atoms with E-state index in [1.54, 1.807) is 12.1 Å². The van der Waals surface area contributed by atoms with Crippen molar-refractivity contribution in [3.8, 4) is 0 Å². The summed E-state index contributed by atoms with van der Waals surface area (Å²) < 4.78 is 18.0. The van der Waals surface area contributed by atoms with E-state index in [1.165, 1.54) is 4.90 Å². The van der Waals surface area contributed by atoms with Crippen LogP contribution in [0, 0.1) is 11.8 Å². The lowest BCUT2D eigenvalue weighted by atomic mass is 9.76. The van der Waals surface area contributed by atoms with Gasteiger partial charge in [0.15, 0.2) is 11.9 Å². The first-order chi connectivity index (χ1) is 11.6. The Labute approximate surface area is 146 Å². The summed E-state index contributed by atoms with van der Waals surface area (Å²) >= 11 is 3.42. The highest BCUT2D eigenvalue weighted by Gasteiger charge is 2.71. The molecule has 0 saturated carbocycles. The van der Waals surface area contributed by atoms with E-state index in [9.17, 15) is 9.59 Å². The fourth-order valence-corrected chi connectivity index (χ4v) is 4.66. The number of hydrogen-bond acceptors (Lipinski definition) is 5. The molecule has 6 nitrogen and oxygen atoms in total. The van der Waals surface area contributed by atoms with E-state index in [4.69, 9.17) is 14.2 Å². The van der Waals surface area contributed by atoms with Gasteiger partial charge < -0.3 is 14.2 Å². The molecule has 5 rings (SSSR count). The normalized spacial score (nSPS) is 37.7. The first-order valence-electron chi connectivity index (χ1n) is 7.86. The van der Waals surface area contributed by atoms with Crippen LogP contribution >= 0.6 is 15.9 Å². The minimum Gasteiger partial charge on any atom is -0.357 e. The molecule has 3 fully saturated rings. The molecule has 0 aliphatic carbocycles. The summed E-state index contributed by atoms with van der Waals surface area (Å²) in [6, 6.07) is 7.21. The van der Waals surface area contributed by atoms with Crippen LogP contribution in [-0.4, -0.2) is 43.0 Å². The highest BCUT2D eigenvalue weighted by Crippen LogP contribution is 2.55. The molecule has 4 aliphatic heterocycles. The van der Waals surface area contributed by atoms with Gasteiger partial charge in [0.1, 0.15) is 0 Å². The maximum atomic E-state index is 13.2. The van der Waals surface area contributed by atoms with Gasteiger partial charge in [-0.05, 0) is 34.1 Å². The fraction of sp³-hybridized carbons (Fsp3) is 0.412. The van der Waals surface area contributed by atoms with Crippen LogP contribution < -0.4 is 4.90 Å². The zero-order chi connectivity index (χ0) is 16.5. The van der Waals surface area contributed by atoms with Crippen LogP contribution in [0.15, 0.2) is 40.9 Å². The summed E-state index contributed by atoms with van der Waals surface area (Å²) in [5.74, 6) is -1.63. The summed E-state index contributed by atoms with van der Waals surface area (Å²) in [4.78, 5) is 27.4. The number of rotatable bonds is 2. The smallest absolute Gasteiger partial charge is 0.241 e. The Morgan fingerprint density at radius 2 is 1.88 bits per heavy atom. The third kappa shape index (κ3) is 1.70. The average molecular weight is 392 g/mol. The molecule has 24 heavy (non-hydrogen) atoms. The molecular weight excluding hydrogens is 378 g/mol. The molecule has 7 heteroatoms. The molecule has 0 unspecified atom stereocenters. The van der Waals surface area contributed by atoms with Gasteiger partial charge in [0, 0.05) is 4.47 Å². The molecule has 0 radical (unpaired) electrons. The second-order valence-electron chi connectivity index (χ2n) is 6.34. The van der Waals surface area contributed by atoms with E-state index in [0.717, 1.165) is 0 Å². The summed E-state index contributed by atoms with van der Waals surface area (Å²) in [7, 11) is 0. The van der Waals surface area contributed by atoms with Crippen molar-refractivity contribution in [2.75, 3.05) is 18.1 Å². The Bertz CT molecular complexity index is 774. The number of imide groups is 1. The van der Waals surface area contributed by atoms with Crippen LogP contribution in [0.3, 0.4) is 0 Å². The Morgan fingerprint density at radius 1 is 1.12 bits per heavy atom. The minimum atomic E-state index is -1.01. The number of anilines is 1.